The molecule has 0 unspecified atom stereocenters. The van der Waals surface area contributed by atoms with Crippen molar-refractivity contribution in [2.45, 2.75) is 24.9 Å². The van der Waals surface area contributed by atoms with Crippen LogP contribution in [0.1, 0.15) is 23.4 Å². The van der Waals surface area contributed by atoms with Gasteiger partial charge >= 0.3 is 0 Å². The predicted molar refractivity (Wildman–Crippen MR) is 78.9 cm³/mol. The molecule has 122 valence electrons. The number of ether oxygens (including phenoxy) is 1. The Morgan fingerprint density at radius 3 is 2.50 bits per heavy atom. The van der Waals surface area contributed by atoms with Gasteiger partial charge in [0.1, 0.15) is 0 Å². The normalized spacial score (nSPS) is 21.1. The second-order valence-corrected chi connectivity index (χ2v) is 7.67. The first kappa shape index (κ1) is 15.5. The minimum Gasteiger partial charge on any atom is -0.459 e. The van der Waals surface area contributed by atoms with Crippen LogP contribution in [0.3, 0.4) is 0 Å². The molecule has 0 spiro atoms. The van der Waals surface area contributed by atoms with Gasteiger partial charge in [-0.3, -0.25) is 4.79 Å². The average molecular weight is 328 g/mol. The molecule has 2 saturated heterocycles. The third-order valence-electron chi connectivity index (χ3n) is 4.18. The lowest BCUT2D eigenvalue weighted by atomic mass is 10.0. The highest BCUT2D eigenvalue weighted by molar-refractivity contribution is 7.88. The zero-order valence-electron chi connectivity index (χ0n) is 12.5. The number of carbonyl (C=O) groups is 1. The maximum Gasteiger partial charge on any atom is 0.289 e. The summed E-state index contributed by atoms with van der Waals surface area (Å²) < 4.78 is 36.2. The third kappa shape index (κ3) is 3.04. The van der Waals surface area contributed by atoms with E-state index in [0.717, 1.165) is 0 Å². The van der Waals surface area contributed by atoms with Crippen molar-refractivity contribution in [3.8, 4) is 0 Å². The maximum atomic E-state index is 12.1. The van der Waals surface area contributed by atoms with Crippen LogP contribution >= 0.6 is 0 Å². The van der Waals surface area contributed by atoms with Crippen molar-refractivity contribution in [1.29, 1.82) is 0 Å². The zero-order chi connectivity index (χ0) is 15.7. The number of rotatable bonds is 4. The zero-order valence-corrected chi connectivity index (χ0v) is 13.3. The van der Waals surface area contributed by atoms with Gasteiger partial charge in [0.25, 0.3) is 5.91 Å². The van der Waals surface area contributed by atoms with E-state index in [-0.39, 0.29) is 23.8 Å². The van der Waals surface area contributed by atoms with Gasteiger partial charge in [-0.1, -0.05) is 0 Å². The minimum atomic E-state index is -3.31. The molecule has 0 atom stereocenters. The summed E-state index contributed by atoms with van der Waals surface area (Å²) in [6, 6.07) is 3.09. The number of likely N-dealkylation sites (tertiary alicyclic amines) is 1. The summed E-state index contributed by atoms with van der Waals surface area (Å²) in [5.41, 5.74) is 0. The SMILES string of the molecule is CS(=O)(=O)N(C1CCOCC1)C1CN(C(=O)c2ccco2)C1. The summed E-state index contributed by atoms with van der Waals surface area (Å²) in [5.74, 6) is 0.0945. The van der Waals surface area contributed by atoms with Crippen LogP contribution in [0.25, 0.3) is 0 Å². The Bertz CT molecular complexity index is 616. The van der Waals surface area contributed by atoms with Crippen LogP contribution in [-0.2, 0) is 14.8 Å². The molecule has 2 aliphatic rings. The third-order valence-corrected chi connectivity index (χ3v) is 5.54. The highest BCUT2D eigenvalue weighted by Crippen LogP contribution is 2.26. The second-order valence-electron chi connectivity index (χ2n) is 5.78. The van der Waals surface area contributed by atoms with Gasteiger partial charge in [-0.15, -0.1) is 0 Å². The second kappa shape index (κ2) is 6.02. The number of amides is 1. The van der Waals surface area contributed by atoms with E-state index in [1.54, 1.807) is 21.3 Å². The first-order chi connectivity index (χ1) is 10.5. The van der Waals surface area contributed by atoms with Gasteiger partial charge < -0.3 is 14.1 Å². The summed E-state index contributed by atoms with van der Waals surface area (Å²) >= 11 is 0. The summed E-state index contributed by atoms with van der Waals surface area (Å²) in [7, 11) is -3.31. The number of nitrogens with zero attached hydrogens (tertiary/aromatic N) is 2. The molecule has 22 heavy (non-hydrogen) atoms. The molecule has 0 saturated carbocycles. The van der Waals surface area contributed by atoms with E-state index in [1.165, 1.54) is 12.5 Å². The van der Waals surface area contributed by atoms with Crippen molar-refractivity contribution in [2.75, 3.05) is 32.6 Å². The van der Waals surface area contributed by atoms with Crippen LogP contribution in [0.4, 0.5) is 0 Å². The number of carbonyl (C=O) groups excluding carboxylic acids is 1. The van der Waals surface area contributed by atoms with E-state index in [9.17, 15) is 13.2 Å². The summed E-state index contributed by atoms with van der Waals surface area (Å²) in [6.45, 7) is 1.98. The topological polar surface area (TPSA) is 80.1 Å². The van der Waals surface area contributed by atoms with Crippen LogP contribution in [0.15, 0.2) is 22.8 Å². The Hall–Kier alpha value is -1.38. The largest absolute Gasteiger partial charge is 0.459 e. The van der Waals surface area contributed by atoms with Crippen LogP contribution in [0.2, 0.25) is 0 Å². The van der Waals surface area contributed by atoms with Gasteiger partial charge in [-0.25, -0.2) is 8.42 Å². The number of sulfonamides is 1. The van der Waals surface area contributed by atoms with Crippen molar-refractivity contribution in [1.82, 2.24) is 9.21 Å². The Kier molecular flexibility index (Phi) is 4.24. The lowest BCUT2D eigenvalue weighted by Gasteiger charge is -2.47. The lowest BCUT2D eigenvalue weighted by molar-refractivity contribution is 0.0113. The Morgan fingerprint density at radius 2 is 1.95 bits per heavy atom. The number of hydrogen-bond acceptors (Lipinski definition) is 5. The molecule has 3 heterocycles. The summed E-state index contributed by atoms with van der Waals surface area (Å²) in [5, 5.41) is 0. The van der Waals surface area contributed by atoms with Crippen molar-refractivity contribution in [3.05, 3.63) is 24.2 Å². The molecule has 1 aromatic heterocycles. The van der Waals surface area contributed by atoms with Crippen molar-refractivity contribution in [3.63, 3.8) is 0 Å². The van der Waals surface area contributed by atoms with Crippen molar-refractivity contribution < 1.29 is 22.4 Å². The van der Waals surface area contributed by atoms with Gasteiger partial charge in [-0.2, -0.15) is 4.31 Å². The fraction of sp³-hybridized carbons (Fsp3) is 0.643. The van der Waals surface area contributed by atoms with Crippen LogP contribution < -0.4 is 0 Å². The Morgan fingerprint density at radius 1 is 1.27 bits per heavy atom. The molecule has 0 aromatic carbocycles. The maximum absolute atomic E-state index is 12.1. The molecular formula is C14H20N2O5S. The number of furan rings is 1. The van der Waals surface area contributed by atoms with E-state index in [0.29, 0.717) is 39.1 Å². The highest BCUT2D eigenvalue weighted by Gasteiger charge is 2.43. The van der Waals surface area contributed by atoms with Crippen LogP contribution in [0.5, 0.6) is 0 Å². The van der Waals surface area contributed by atoms with Gasteiger partial charge in [-0.05, 0) is 25.0 Å². The lowest BCUT2D eigenvalue weighted by Crippen LogP contribution is -2.64. The van der Waals surface area contributed by atoms with Gasteiger partial charge in [0.2, 0.25) is 10.0 Å². The highest BCUT2D eigenvalue weighted by atomic mass is 32.2. The van der Waals surface area contributed by atoms with Crippen molar-refractivity contribution in [2.24, 2.45) is 0 Å². The fourth-order valence-corrected chi connectivity index (χ4v) is 4.54. The first-order valence-corrected chi connectivity index (χ1v) is 9.20. The van der Waals surface area contributed by atoms with Gasteiger partial charge in [0, 0.05) is 32.3 Å². The van der Waals surface area contributed by atoms with Gasteiger partial charge in [0.05, 0.1) is 18.6 Å². The molecule has 1 amide bonds. The standard InChI is InChI=1S/C14H20N2O5S/c1-22(18,19)16(11-4-7-20-8-5-11)12-9-15(10-12)14(17)13-3-2-6-21-13/h2-3,6,11-12H,4-5,7-10H2,1H3. The fourth-order valence-electron chi connectivity index (χ4n) is 3.12. The average Bonchev–Trinajstić information content (AvgIpc) is 2.95. The molecule has 1 aromatic rings. The molecule has 7 nitrogen and oxygen atoms in total. The predicted octanol–water partition coefficient (Wildman–Crippen LogP) is 0.545. The molecule has 8 heteroatoms. The van der Waals surface area contributed by atoms with E-state index >= 15 is 0 Å². The first-order valence-electron chi connectivity index (χ1n) is 7.36. The molecule has 2 fully saturated rings. The van der Waals surface area contributed by atoms with Gasteiger partial charge in [0.15, 0.2) is 5.76 Å². The molecule has 0 N–H and O–H groups in total. The monoisotopic (exact) mass is 328 g/mol. The number of hydrogen-bond donors (Lipinski definition) is 0. The molecular weight excluding hydrogens is 308 g/mol. The molecule has 0 bridgehead atoms. The molecule has 3 rings (SSSR count). The van der Waals surface area contributed by atoms with E-state index in [2.05, 4.69) is 0 Å². The van der Waals surface area contributed by atoms with Crippen LogP contribution in [-0.4, -0.2) is 68.2 Å². The Balaban J connectivity index is 1.66. The Labute approximate surface area is 129 Å². The summed E-state index contributed by atoms with van der Waals surface area (Å²) in [4.78, 5) is 13.7. The smallest absolute Gasteiger partial charge is 0.289 e. The van der Waals surface area contributed by atoms with E-state index in [1.807, 2.05) is 0 Å². The summed E-state index contributed by atoms with van der Waals surface area (Å²) in [6.07, 6.45) is 4.10. The van der Waals surface area contributed by atoms with Crippen LogP contribution in [0, 0.1) is 0 Å². The quantitative estimate of drug-likeness (QED) is 0.806. The molecule has 0 aliphatic carbocycles. The van der Waals surface area contributed by atoms with Crippen molar-refractivity contribution >= 4 is 15.9 Å². The van der Waals surface area contributed by atoms with E-state index in [4.69, 9.17) is 9.15 Å². The molecule has 2 aliphatic heterocycles. The minimum absolute atomic E-state index is 0.0328. The van der Waals surface area contributed by atoms with E-state index < -0.39 is 10.0 Å². The molecule has 0 radical (unpaired) electrons.